The maximum atomic E-state index is 12.8. The van der Waals surface area contributed by atoms with Crippen molar-refractivity contribution < 1.29 is 4.79 Å². The number of rotatable bonds is 4. The SMILES string of the molecule is Cc1ccc(NC(=O)c2ccc3nnc([C@@H]4CN(c5ncccn5)CCN4C)n3c2)cn1. The molecule has 5 rings (SSSR count). The molecule has 0 unspecified atom stereocenters. The Bertz CT molecular complexity index is 1240. The number of piperazine rings is 1. The highest BCUT2D eigenvalue weighted by Crippen LogP contribution is 2.25. The first-order chi connectivity index (χ1) is 15.6. The van der Waals surface area contributed by atoms with Crippen LogP contribution in [-0.4, -0.2) is 67.0 Å². The molecule has 0 aliphatic carbocycles. The van der Waals surface area contributed by atoms with Gasteiger partial charge in [-0.15, -0.1) is 10.2 Å². The van der Waals surface area contributed by atoms with Gasteiger partial charge in [0.25, 0.3) is 5.91 Å². The lowest BCUT2D eigenvalue weighted by molar-refractivity contribution is 0.102. The van der Waals surface area contributed by atoms with Gasteiger partial charge in [-0.3, -0.25) is 19.1 Å². The maximum absolute atomic E-state index is 12.8. The molecule has 1 aliphatic heterocycles. The molecule has 0 radical (unpaired) electrons. The zero-order valence-electron chi connectivity index (χ0n) is 17.9. The summed E-state index contributed by atoms with van der Waals surface area (Å²) in [5.74, 6) is 1.26. The smallest absolute Gasteiger partial charge is 0.257 e. The fourth-order valence-electron chi connectivity index (χ4n) is 3.80. The van der Waals surface area contributed by atoms with Gasteiger partial charge in [0.15, 0.2) is 11.5 Å². The van der Waals surface area contributed by atoms with Gasteiger partial charge in [-0.05, 0) is 44.3 Å². The summed E-state index contributed by atoms with van der Waals surface area (Å²) in [6, 6.07) is 9.03. The molecule has 4 aromatic rings. The molecule has 1 atom stereocenters. The molecular weight excluding hydrogens is 406 g/mol. The number of nitrogens with zero attached hydrogens (tertiary/aromatic N) is 8. The summed E-state index contributed by atoms with van der Waals surface area (Å²) < 4.78 is 1.89. The molecule has 0 spiro atoms. The molecule has 1 aliphatic rings. The largest absolute Gasteiger partial charge is 0.338 e. The van der Waals surface area contributed by atoms with Crippen LogP contribution in [0.25, 0.3) is 5.65 Å². The van der Waals surface area contributed by atoms with Crippen molar-refractivity contribution >= 4 is 23.2 Å². The highest BCUT2D eigenvalue weighted by molar-refractivity contribution is 6.04. The zero-order chi connectivity index (χ0) is 22.1. The average molecular weight is 429 g/mol. The average Bonchev–Trinajstić information content (AvgIpc) is 3.24. The van der Waals surface area contributed by atoms with E-state index in [4.69, 9.17) is 0 Å². The summed E-state index contributed by atoms with van der Waals surface area (Å²) in [5, 5.41) is 11.7. The lowest BCUT2D eigenvalue weighted by Gasteiger charge is -2.38. The Hall–Kier alpha value is -3.92. The standard InChI is InChI=1S/C22H23N9O/c1-15-4-6-17(12-25-15)26-21(32)16-5-7-19-27-28-20(31(19)13-16)18-14-30(11-10-29(18)2)22-23-8-3-9-24-22/h3-9,12-13,18H,10-11,14H2,1-2H3,(H,26,32)/t18-/m0/s1. The number of aromatic nitrogens is 6. The number of aryl methyl sites for hydroxylation is 1. The number of pyridine rings is 2. The van der Waals surface area contributed by atoms with Crippen molar-refractivity contribution in [2.24, 2.45) is 0 Å². The highest BCUT2D eigenvalue weighted by atomic mass is 16.1. The number of amides is 1. The number of hydrogen-bond donors (Lipinski definition) is 1. The van der Waals surface area contributed by atoms with Crippen molar-refractivity contribution in [3.8, 4) is 0 Å². The van der Waals surface area contributed by atoms with Gasteiger partial charge in [0, 0.05) is 43.9 Å². The van der Waals surface area contributed by atoms with E-state index in [1.54, 1.807) is 36.9 Å². The van der Waals surface area contributed by atoms with E-state index in [1.165, 1.54) is 0 Å². The van der Waals surface area contributed by atoms with Gasteiger partial charge < -0.3 is 10.2 Å². The Balaban J connectivity index is 1.42. The lowest BCUT2D eigenvalue weighted by atomic mass is 10.1. The first kappa shape index (κ1) is 20.0. The first-order valence-corrected chi connectivity index (χ1v) is 10.4. The van der Waals surface area contributed by atoms with Crippen LogP contribution in [0.1, 0.15) is 27.9 Å². The number of carbonyl (C=O) groups is 1. The molecule has 10 heteroatoms. The second-order valence-electron chi connectivity index (χ2n) is 7.84. The molecule has 10 nitrogen and oxygen atoms in total. The molecule has 1 saturated heterocycles. The van der Waals surface area contributed by atoms with E-state index in [1.807, 2.05) is 29.5 Å². The van der Waals surface area contributed by atoms with Crippen LogP contribution < -0.4 is 10.2 Å². The van der Waals surface area contributed by atoms with E-state index in [-0.39, 0.29) is 11.9 Å². The summed E-state index contributed by atoms with van der Waals surface area (Å²) in [6.07, 6.45) is 6.92. The van der Waals surface area contributed by atoms with E-state index in [2.05, 4.69) is 47.3 Å². The van der Waals surface area contributed by atoms with Crippen molar-refractivity contribution in [1.82, 2.24) is 34.4 Å². The summed E-state index contributed by atoms with van der Waals surface area (Å²) in [4.78, 5) is 30.2. The van der Waals surface area contributed by atoms with Crippen LogP contribution in [0.2, 0.25) is 0 Å². The summed E-state index contributed by atoms with van der Waals surface area (Å²) in [7, 11) is 2.07. The van der Waals surface area contributed by atoms with Crippen LogP contribution in [-0.2, 0) is 0 Å². The number of anilines is 2. The normalized spacial score (nSPS) is 16.9. The van der Waals surface area contributed by atoms with Crippen molar-refractivity contribution in [2.45, 2.75) is 13.0 Å². The number of nitrogens with one attached hydrogen (secondary N) is 1. The molecule has 0 bridgehead atoms. The van der Waals surface area contributed by atoms with Gasteiger partial charge in [0.05, 0.1) is 23.5 Å². The minimum absolute atomic E-state index is 0.0258. The van der Waals surface area contributed by atoms with Crippen LogP contribution >= 0.6 is 0 Å². The summed E-state index contributed by atoms with van der Waals surface area (Å²) in [5.41, 5.74) is 2.75. The Morgan fingerprint density at radius 2 is 1.91 bits per heavy atom. The topological polar surface area (TPSA) is 104 Å². The quantitative estimate of drug-likeness (QED) is 0.525. The van der Waals surface area contributed by atoms with E-state index in [0.717, 1.165) is 24.6 Å². The predicted octanol–water partition coefficient (Wildman–Crippen LogP) is 1.97. The third-order valence-electron chi connectivity index (χ3n) is 5.64. The van der Waals surface area contributed by atoms with Gasteiger partial charge in [0.1, 0.15) is 0 Å². The van der Waals surface area contributed by atoms with Crippen LogP contribution in [0.5, 0.6) is 0 Å². The van der Waals surface area contributed by atoms with Crippen LogP contribution in [0, 0.1) is 6.92 Å². The molecule has 5 heterocycles. The highest BCUT2D eigenvalue weighted by Gasteiger charge is 2.30. The second kappa shape index (κ2) is 8.31. The molecule has 0 aromatic carbocycles. The van der Waals surface area contributed by atoms with Crippen molar-refractivity contribution in [1.29, 1.82) is 0 Å². The third-order valence-corrected chi connectivity index (χ3v) is 5.64. The number of hydrogen-bond acceptors (Lipinski definition) is 8. The summed E-state index contributed by atoms with van der Waals surface area (Å²) >= 11 is 0. The fourth-order valence-corrected chi connectivity index (χ4v) is 3.80. The van der Waals surface area contributed by atoms with E-state index in [9.17, 15) is 4.79 Å². The number of carbonyl (C=O) groups excluding carboxylic acids is 1. The predicted molar refractivity (Wildman–Crippen MR) is 120 cm³/mol. The van der Waals surface area contributed by atoms with E-state index < -0.39 is 0 Å². The summed E-state index contributed by atoms with van der Waals surface area (Å²) in [6.45, 7) is 4.23. The van der Waals surface area contributed by atoms with Crippen LogP contribution in [0.15, 0.2) is 55.1 Å². The Morgan fingerprint density at radius 3 is 2.69 bits per heavy atom. The van der Waals surface area contributed by atoms with Crippen molar-refractivity contribution in [2.75, 3.05) is 36.9 Å². The molecule has 4 aromatic heterocycles. The minimum Gasteiger partial charge on any atom is -0.338 e. The molecule has 1 fully saturated rings. The Kier molecular flexibility index (Phi) is 5.20. The molecule has 0 saturated carbocycles. The van der Waals surface area contributed by atoms with Crippen molar-refractivity contribution in [3.05, 3.63) is 72.2 Å². The molecule has 1 N–H and O–H groups in total. The Morgan fingerprint density at radius 1 is 1.06 bits per heavy atom. The fraction of sp³-hybridized carbons (Fsp3) is 0.273. The van der Waals surface area contributed by atoms with Gasteiger partial charge in [0.2, 0.25) is 5.95 Å². The van der Waals surface area contributed by atoms with Crippen molar-refractivity contribution in [3.63, 3.8) is 0 Å². The number of likely N-dealkylation sites (N-methyl/N-ethyl adjacent to an activating group) is 1. The molecule has 1 amide bonds. The van der Waals surface area contributed by atoms with Gasteiger partial charge in [-0.2, -0.15) is 0 Å². The van der Waals surface area contributed by atoms with Gasteiger partial charge in [-0.25, -0.2) is 9.97 Å². The number of fused-ring (bicyclic) bond motifs is 1. The van der Waals surface area contributed by atoms with Gasteiger partial charge in [-0.1, -0.05) is 0 Å². The molecule has 32 heavy (non-hydrogen) atoms. The van der Waals surface area contributed by atoms with Crippen LogP contribution in [0.3, 0.4) is 0 Å². The molecule has 162 valence electrons. The maximum Gasteiger partial charge on any atom is 0.257 e. The van der Waals surface area contributed by atoms with E-state index >= 15 is 0 Å². The zero-order valence-corrected chi connectivity index (χ0v) is 17.9. The minimum atomic E-state index is -0.214. The monoisotopic (exact) mass is 429 g/mol. The van der Waals surface area contributed by atoms with E-state index in [0.29, 0.717) is 29.4 Å². The first-order valence-electron chi connectivity index (χ1n) is 10.4. The van der Waals surface area contributed by atoms with Crippen LogP contribution in [0.4, 0.5) is 11.6 Å². The van der Waals surface area contributed by atoms with Gasteiger partial charge >= 0.3 is 0 Å². The Labute approximate surface area is 185 Å². The molecular formula is C22H23N9O. The second-order valence-corrected chi connectivity index (χ2v) is 7.84. The lowest BCUT2D eigenvalue weighted by Crippen LogP contribution is -2.47. The third kappa shape index (κ3) is 3.87.